The molecule has 2 aromatic rings. The van der Waals surface area contributed by atoms with Gasteiger partial charge in [-0.1, -0.05) is 68.3 Å². The number of para-hydroxylation sites is 1. The van der Waals surface area contributed by atoms with Crippen LogP contribution in [0.25, 0.3) is 6.08 Å². The van der Waals surface area contributed by atoms with E-state index in [0.717, 1.165) is 18.5 Å². The third kappa shape index (κ3) is 4.90. The molecule has 0 fully saturated rings. The number of benzene rings is 2. The molecule has 0 aliphatic carbocycles. The van der Waals surface area contributed by atoms with Crippen molar-refractivity contribution in [3.05, 3.63) is 76.6 Å². The lowest BCUT2D eigenvalue weighted by molar-refractivity contribution is 0.0954. The Morgan fingerprint density at radius 3 is 2.44 bits per heavy atom. The molecule has 2 aromatic carbocycles. The molecule has 0 spiro atoms. The number of anilines is 2. The van der Waals surface area contributed by atoms with Crippen molar-refractivity contribution in [1.82, 2.24) is 0 Å². The largest absolute Gasteiger partial charge is 0.480 e. The molecular formula is C30H28N4OS. The van der Waals surface area contributed by atoms with Crippen LogP contribution in [-0.4, -0.2) is 12.1 Å². The summed E-state index contributed by atoms with van der Waals surface area (Å²) in [5, 5.41) is 28.4. The molecule has 0 saturated carbocycles. The standard InChI is InChI=1S/C30H28N4OS/c1-4-5-6-9-16-34-25-10-7-8-11-27(25)36-28-15-13-21(17-26(28)34)12-14-24-23(20-33)29(22(18-31)19-32)35-30(24,2)3/h7-8,10-15,17H,4-6,9,16H2,1-3H3/b14-12+. The van der Waals surface area contributed by atoms with Gasteiger partial charge in [0.1, 0.15) is 29.4 Å². The van der Waals surface area contributed by atoms with Crippen molar-refractivity contribution in [2.24, 2.45) is 0 Å². The Hall–Kier alpha value is -3.92. The highest BCUT2D eigenvalue weighted by atomic mass is 32.2. The van der Waals surface area contributed by atoms with E-state index in [0.29, 0.717) is 5.57 Å². The first kappa shape index (κ1) is 25.2. The van der Waals surface area contributed by atoms with E-state index in [1.807, 2.05) is 38.1 Å². The van der Waals surface area contributed by atoms with Gasteiger partial charge in [0.05, 0.1) is 11.4 Å². The zero-order chi connectivity index (χ0) is 25.7. The summed E-state index contributed by atoms with van der Waals surface area (Å²) in [4.78, 5) is 4.91. The van der Waals surface area contributed by atoms with E-state index in [-0.39, 0.29) is 16.9 Å². The fourth-order valence-corrected chi connectivity index (χ4v) is 5.63. The normalized spacial score (nSPS) is 15.6. The average molecular weight is 493 g/mol. The highest BCUT2D eigenvalue weighted by Crippen LogP contribution is 2.48. The topological polar surface area (TPSA) is 83.8 Å². The van der Waals surface area contributed by atoms with Gasteiger partial charge < -0.3 is 9.64 Å². The van der Waals surface area contributed by atoms with Gasteiger partial charge in [-0.2, -0.15) is 15.8 Å². The molecule has 6 heteroatoms. The van der Waals surface area contributed by atoms with Crippen molar-refractivity contribution in [1.29, 1.82) is 15.8 Å². The molecule has 0 amide bonds. The SMILES string of the molecule is CCCCCCN1c2ccccc2Sc2ccc(/C=C/C3=C(C#N)C(=C(C#N)C#N)OC3(C)C)cc21. The predicted octanol–water partition coefficient (Wildman–Crippen LogP) is 7.81. The van der Waals surface area contributed by atoms with E-state index >= 15 is 0 Å². The fraction of sp³-hybridized carbons (Fsp3) is 0.300. The fourth-order valence-electron chi connectivity index (χ4n) is 4.55. The lowest BCUT2D eigenvalue weighted by Gasteiger charge is -2.33. The molecule has 180 valence electrons. The smallest absolute Gasteiger partial charge is 0.172 e. The van der Waals surface area contributed by atoms with E-state index in [9.17, 15) is 15.8 Å². The third-order valence-electron chi connectivity index (χ3n) is 6.39. The van der Waals surface area contributed by atoms with Crippen LogP contribution >= 0.6 is 11.8 Å². The van der Waals surface area contributed by atoms with Crippen LogP contribution in [0, 0.1) is 34.0 Å². The summed E-state index contributed by atoms with van der Waals surface area (Å²) in [6.07, 6.45) is 8.63. The number of nitrogens with zero attached hydrogens (tertiary/aromatic N) is 4. The lowest BCUT2D eigenvalue weighted by Crippen LogP contribution is -2.22. The van der Waals surface area contributed by atoms with Gasteiger partial charge in [0.2, 0.25) is 0 Å². The van der Waals surface area contributed by atoms with Crippen LogP contribution in [0.2, 0.25) is 0 Å². The Morgan fingerprint density at radius 1 is 0.972 bits per heavy atom. The monoisotopic (exact) mass is 492 g/mol. The lowest BCUT2D eigenvalue weighted by atomic mass is 9.94. The number of ether oxygens (including phenoxy) is 1. The molecular weight excluding hydrogens is 464 g/mol. The number of allylic oxidation sites excluding steroid dienone is 2. The second-order valence-corrected chi connectivity index (χ2v) is 10.4. The first-order valence-electron chi connectivity index (χ1n) is 12.2. The Balaban J connectivity index is 1.70. The maximum absolute atomic E-state index is 9.80. The van der Waals surface area contributed by atoms with Gasteiger partial charge in [0.15, 0.2) is 11.3 Å². The number of fused-ring (bicyclic) bond motifs is 2. The molecule has 0 saturated heterocycles. The zero-order valence-electron chi connectivity index (χ0n) is 20.8. The molecule has 0 bridgehead atoms. The second-order valence-electron chi connectivity index (χ2n) is 9.28. The van der Waals surface area contributed by atoms with Gasteiger partial charge in [-0.25, -0.2) is 0 Å². The Bertz CT molecular complexity index is 1380. The quantitative estimate of drug-likeness (QED) is 0.289. The van der Waals surface area contributed by atoms with Crippen molar-refractivity contribution in [2.75, 3.05) is 11.4 Å². The Labute approximate surface area is 217 Å². The summed E-state index contributed by atoms with van der Waals surface area (Å²) in [6, 6.07) is 20.8. The number of hydrogen-bond acceptors (Lipinski definition) is 6. The molecule has 5 nitrogen and oxygen atoms in total. The number of rotatable bonds is 7. The molecule has 2 aliphatic heterocycles. The van der Waals surface area contributed by atoms with Crippen molar-refractivity contribution >= 4 is 29.2 Å². The van der Waals surface area contributed by atoms with Crippen LogP contribution in [0.3, 0.4) is 0 Å². The summed E-state index contributed by atoms with van der Waals surface area (Å²) in [6.45, 7) is 6.86. The van der Waals surface area contributed by atoms with Gasteiger partial charge in [-0.05, 0) is 50.1 Å². The minimum absolute atomic E-state index is 0.0591. The molecule has 2 heterocycles. The van der Waals surface area contributed by atoms with E-state index in [1.54, 1.807) is 11.8 Å². The molecule has 36 heavy (non-hydrogen) atoms. The van der Waals surface area contributed by atoms with E-state index in [1.165, 1.54) is 40.4 Å². The first-order valence-corrected chi connectivity index (χ1v) is 13.0. The van der Waals surface area contributed by atoms with Gasteiger partial charge in [-0.15, -0.1) is 0 Å². The minimum atomic E-state index is -0.829. The minimum Gasteiger partial charge on any atom is -0.480 e. The van der Waals surface area contributed by atoms with Gasteiger partial charge in [0.25, 0.3) is 0 Å². The van der Waals surface area contributed by atoms with Crippen LogP contribution in [0.4, 0.5) is 11.4 Å². The van der Waals surface area contributed by atoms with Crippen LogP contribution in [0.5, 0.6) is 0 Å². The Morgan fingerprint density at radius 2 is 1.72 bits per heavy atom. The molecule has 0 atom stereocenters. The summed E-state index contributed by atoms with van der Waals surface area (Å²) in [5.74, 6) is 0.0591. The first-order chi connectivity index (χ1) is 17.4. The van der Waals surface area contributed by atoms with Crippen molar-refractivity contribution in [2.45, 2.75) is 61.8 Å². The maximum atomic E-state index is 9.80. The summed E-state index contributed by atoms with van der Waals surface area (Å²) >= 11 is 1.79. The molecule has 0 unspecified atom stereocenters. The third-order valence-corrected chi connectivity index (χ3v) is 7.52. The van der Waals surface area contributed by atoms with E-state index < -0.39 is 5.60 Å². The predicted molar refractivity (Wildman–Crippen MR) is 143 cm³/mol. The van der Waals surface area contributed by atoms with E-state index in [2.05, 4.69) is 60.4 Å². The number of nitriles is 3. The molecule has 2 aliphatic rings. The zero-order valence-corrected chi connectivity index (χ0v) is 21.7. The van der Waals surface area contributed by atoms with Gasteiger partial charge >= 0.3 is 0 Å². The average Bonchev–Trinajstić information content (AvgIpc) is 3.14. The van der Waals surface area contributed by atoms with Crippen LogP contribution in [0.15, 0.2) is 80.8 Å². The number of unbranched alkanes of at least 4 members (excludes halogenated alkanes) is 3. The van der Waals surface area contributed by atoms with Crippen molar-refractivity contribution in [3.63, 3.8) is 0 Å². The highest BCUT2D eigenvalue weighted by molar-refractivity contribution is 7.99. The molecule has 0 radical (unpaired) electrons. The maximum Gasteiger partial charge on any atom is 0.172 e. The van der Waals surface area contributed by atoms with Crippen molar-refractivity contribution in [3.8, 4) is 18.2 Å². The summed E-state index contributed by atoms with van der Waals surface area (Å²) in [5.41, 5.74) is 3.29. The second kappa shape index (κ2) is 10.8. The van der Waals surface area contributed by atoms with Crippen LogP contribution in [0.1, 0.15) is 52.0 Å². The van der Waals surface area contributed by atoms with E-state index in [4.69, 9.17) is 4.74 Å². The van der Waals surface area contributed by atoms with Gasteiger partial charge in [-0.3, -0.25) is 0 Å². The van der Waals surface area contributed by atoms with Crippen molar-refractivity contribution < 1.29 is 4.74 Å². The molecule has 4 rings (SSSR count). The summed E-state index contributed by atoms with van der Waals surface area (Å²) < 4.78 is 5.88. The molecule has 0 aromatic heterocycles. The molecule has 0 N–H and O–H groups in total. The van der Waals surface area contributed by atoms with Crippen LogP contribution < -0.4 is 4.90 Å². The van der Waals surface area contributed by atoms with Gasteiger partial charge in [0, 0.05) is 21.9 Å². The summed E-state index contributed by atoms with van der Waals surface area (Å²) in [7, 11) is 0. The number of hydrogen-bond donors (Lipinski definition) is 0. The Kier molecular flexibility index (Phi) is 7.54. The highest BCUT2D eigenvalue weighted by Gasteiger charge is 2.38. The van der Waals surface area contributed by atoms with Crippen LogP contribution in [-0.2, 0) is 4.74 Å².